The third-order valence-electron chi connectivity index (χ3n) is 4.99. The van der Waals surface area contributed by atoms with Gasteiger partial charge in [0.15, 0.2) is 11.0 Å². The maximum absolute atomic E-state index is 12.8. The van der Waals surface area contributed by atoms with Crippen molar-refractivity contribution in [2.45, 2.75) is 45.1 Å². The highest BCUT2D eigenvalue weighted by molar-refractivity contribution is 7.13. The van der Waals surface area contributed by atoms with Crippen LogP contribution >= 0.6 is 11.3 Å². The van der Waals surface area contributed by atoms with E-state index >= 15 is 0 Å². The van der Waals surface area contributed by atoms with Crippen LogP contribution in [-0.4, -0.2) is 43.4 Å². The van der Waals surface area contributed by atoms with Crippen LogP contribution in [0, 0.1) is 0 Å². The summed E-state index contributed by atoms with van der Waals surface area (Å²) in [7, 11) is 0. The zero-order chi connectivity index (χ0) is 20.9. The number of thiazole rings is 1. The van der Waals surface area contributed by atoms with Crippen LogP contribution in [0.25, 0.3) is 0 Å². The molecule has 0 radical (unpaired) electrons. The predicted molar refractivity (Wildman–Crippen MR) is 110 cm³/mol. The van der Waals surface area contributed by atoms with E-state index in [0.29, 0.717) is 48.2 Å². The smallest absolute Gasteiger partial charge is 0.259 e. The fourth-order valence-electron chi connectivity index (χ4n) is 3.46. The molecule has 1 aliphatic heterocycles. The number of hydrogen-bond acceptors (Lipinski definition) is 8. The van der Waals surface area contributed by atoms with Gasteiger partial charge >= 0.3 is 0 Å². The van der Waals surface area contributed by atoms with Crippen molar-refractivity contribution in [2.75, 3.05) is 11.9 Å². The third-order valence-corrected chi connectivity index (χ3v) is 5.68. The van der Waals surface area contributed by atoms with Gasteiger partial charge in [0.1, 0.15) is 0 Å². The molecule has 3 aromatic heterocycles. The quantitative estimate of drug-likeness (QED) is 0.617. The molecule has 10 heteroatoms. The molecule has 0 spiro atoms. The van der Waals surface area contributed by atoms with Crippen molar-refractivity contribution in [3.63, 3.8) is 0 Å². The van der Waals surface area contributed by atoms with Crippen molar-refractivity contribution in [2.24, 2.45) is 0 Å². The van der Waals surface area contributed by atoms with E-state index in [1.54, 1.807) is 23.8 Å². The van der Waals surface area contributed by atoms with E-state index in [1.165, 1.54) is 11.3 Å². The number of likely N-dealkylation sites (tertiary alicyclic amines) is 1. The predicted octanol–water partition coefficient (Wildman–Crippen LogP) is 3.03. The molecule has 4 heterocycles. The Labute approximate surface area is 177 Å². The fraction of sp³-hybridized carbons (Fsp3) is 0.400. The van der Waals surface area contributed by atoms with Crippen molar-refractivity contribution in [3.8, 4) is 0 Å². The molecule has 1 unspecified atom stereocenters. The first kappa shape index (κ1) is 20.1. The molecule has 0 bridgehead atoms. The van der Waals surface area contributed by atoms with Crippen molar-refractivity contribution >= 4 is 28.3 Å². The van der Waals surface area contributed by atoms with Crippen molar-refractivity contribution < 1.29 is 14.1 Å². The standard InChI is InChI=1S/C20H22N6O3S/c1-2-16-23-17(29-25-16)7-8-18(27)26-10-3-4-15(26)14-6-5-13(12-22-14)19(28)24-20-21-9-11-30-20/h5-6,9,11-12,15H,2-4,7-8,10H2,1H3,(H,21,24,28). The second kappa shape index (κ2) is 9.12. The van der Waals surface area contributed by atoms with Gasteiger partial charge in [-0.1, -0.05) is 12.1 Å². The van der Waals surface area contributed by atoms with Crippen LogP contribution in [0.5, 0.6) is 0 Å². The van der Waals surface area contributed by atoms with Crippen LogP contribution in [-0.2, 0) is 17.6 Å². The average Bonchev–Trinajstić information content (AvgIpc) is 3.53. The summed E-state index contributed by atoms with van der Waals surface area (Å²) in [6.45, 7) is 2.65. The lowest BCUT2D eigenvalue weighted by Crippen LogP contribution is -2.31. The number of amides is 2. The number of rotatable bonds is 7. The molecule has 1 atom stereocenters. The summed E-state index contributed by atoms with van der Waals surface area (Å²) in [5, 5.41) is 8.94. The molecule has 0 aromatic carbocycles. The van der Waals surface area contributed by atoms with Crippen molar-refractivity contribution in [1.82, 2.24) is 25.0 Å². The lowest BCUT2D eigenvalue weighted by atomic mass is 10.1. The fourth-order valence-corrected chi connectivity index (χ4v) is 3.98. The van der Waals surface area contributed by atoms with Gasteiger partial charge in [0.2, 0.25) is 11.8 Å². The molecule has 0 aliphatic carbocycles. The van der Waals surface area contributed by atoms with E-state index in [2.05, 4.69) is 25.4 Å². The summed E-state index contributed by atoms with van der Waals surface area (Å²) in [4.78, 5) is 39.7. The van der Waals surface area contributed by atoms with Gasteiger partial charge in [-0.2, -0.15) is 4.98 Å². The Morgan fingerprint density at radius 2 is 2.23 bits per heavy atom. The molecule has 3 aromatic rings. The monoisotopic (exact) mass is 426 g/mol. The first-order valence-electron chi connectivity index (χ1n) is 9.91. The first-order valence-corrected chi connectivity index (χ1v) is 10.8. The molecule has 9 nitrogen and oxygen atoms in total. The minimum atomic E-state index is -0.255. The number of carbonyl (C=O) groups is 2. The zero-order valence-electron chi connectivity index (χ0n) is 16.6. The average molecular weight is 427 g/mol. The number of pyridine rings is 1. The Balaban J connectivity index is 1.37. The van der Waals surface area contributed by atoms with Crippen LogP contribution in [0.2, 0.25) is 0 Å². The molecule has 30 heavy (non-hydrogen) atoms. The Morgan fingerprint density at radius 1 is 1.33 bits per heavy atom. The molecule has 1 N–H and O–H groups in total. The molecule has 1 fully saturated rings. The SMILES string of the molecule is CCc1noc(CCC(=O)N2CCCC2c2ccc(C(=O)Nc3nccs3)cn2)n1. The lowest BCUT2D eigenvalue weighted by molar-refractivity contribution is -0.132. The number of aryl methyl sites for hydroxylation is 2. The highest BCUT2D eigenvalue weighted by Gasteiger charge is 2.31. The van der Waals surface area contributed by atoms with Crippen LogP contribution in [0.15, 0.2) is 34.4 Å². The van der Waals surface area contributed by atoms with Gasteiger partial charge in [-0.15, -0.1) is 11.3 Å². The van der Waals surface area contributed by atoms with Crippen LogP contribution < -0.4 is 5.32 Å². The molecule has 2 amide bonds. The zero-order valence-corrected chi connectivity index (χ0v) is 17.4. The highest BCUT2D eigenvalue weighted by Crippen LogP contribution is 2.31. The van der Waals surface area contributed by atoms with E-state index in [0.717, 1.165) is 18.5 Å². The molecular formula is C20H22N6O3S. The molecule has 0 saturated carbocycles. The second-order valence-electron chi connectivity index (χ2n) is 6.97. The van der Waals surface area contributed by atoms with E-state index in [1.807, 2.05) is 17.9 Å². The van der Waals surface area contributed by atoms with Gasteiger partial charge in [-0.25, -0.2) is 4.98 Å². The molecular weight excluding hydrogens is 404 g/mol. The summed E-state index contributed by atoms with van der Waals surface area (Å²) in [5.74, 6) is 0.930. The number of nitrogens with one attached hydrogen (secondary N) is 1. The first-order chi connectivity index (χ1) is 14.6. The Hall–Kier alpha value is -3.14. The second-order valence-corrected chi connectivity index (χ2v) is 7.86. The Morgan fingerprint density at radius 3 is 2.93 bits per heavy atom. The Bertz CT molecular complexity index is 1000. The number of carbonyl (C=O) groups excluding carboxylic acids is 2. The lowest BCUT2D eigenvalue weighted by Gasteiger charge is -2.24. The summed E-state index contributed by atoms with van der Waals surface area (Å²) in [5.41, 5.74) is 1.24. The largest absolute Gasteiger partial charge is 0.339 e. The van der Waals surface area contributed by atoms with Crippen molar-refractivity contribution in [3.05, 3.63) is 52.9 Å². The maximum atomic E-state index is 12.8. The number of nitrogens with zero attached hydrogens (tertiary/aromatic N) is 5. The number of hydrogen-bond donors (Lipinski definition) is 1. The number of aromatic nitrogens is 4. The van der Waals surface area contributed by atoms with Crippen LogP contribution in [0.3, 0.4) is 0 Å². The van der Waals surface area contributed by atoms with Crippen molar-refractivity contribution in [1.29, 1.82) is 0 Å². The summed E-state index contributed by atoms with van der Waals surface area (Å²) < 4.78 is 5.17. The van der Waals surface area contributed by atoms with E-state index < -0.39 is 0 Å². The maximum Gasteiger partial charge on any atom is 0.259 e. The minimum Gasteiger partial charge on any atom is -0.339 e. The van der Waals surface area contributed by atoms with Gasteiger partial charge in [-0.05, 0) is 25.0 Å². The molecule has 1 saturated heterocycles. The normalized spacial score (nSPS) is 16.0. The highest BCUT2D eigenvalue weighted by atomic mass is 32.1. The minimum absolute atomic E-state index is 0.0427. The molecule has 156 valence electrons. The topological polar surface area (TPSA) is 114 Å². The van der Waals surface area contributed by atoms with Gasteiger partial charge < -0.3 is 9.42 Å². The van der Waals surface area contributed by atoms with Gasteiger partial charge in [0.05, 0.1) is 17.3 Å². The van der Waals surface area contributed by atoms with Crippen LogP contribution in [0.4, 0.5) is 5.13 Å². The van der Waals surface area contributed by atoms with Gasteiger partial charge in [0.25, 0.3) is 5.91 Å². The number of anilines is 1. The van der Waals surface area contributed by atoms with Crippen LogP contribution in [0.1, 0.15) is 60.0 Å². The summed E-state index contributed by atoms with van der Waals surface area (Å²) in [6, 6.07) is 3.47. The summed E-state index contributed by atoms with van der Waals surface area (Å²) >= 11 is 1.36. The van der Waals surface area contributed by atoms with Gasteiger partial charge in [0, 0.05) is 43.6 Å². The van der Waals surface area contributed by atoms with E-state index in [-0.39, 0.29) is 17.9 Å². The third kappa shape index (κ3) is 4.54. The molecule has 1 aliphatic rings. The van der Waals surface area contributed by atoms with Gasteiger partial charge in [-0.3, -0.25) is 19.9 Å². The van der Waals surface area contributed by atoms with E-state index in [9.17, 15) is 9.59 Å². The van der Waals surface area contributed by atoms with E-state index in [4.69, 9.17) is 4.52 Å². The summed E-state index contributed by atoms with van der Waals surface area (Å²) in [6.07, 6.45) is 6.40. The Kier molecular flexibility index (Phi) is 6.12. The molecule has 4 rings (SSSR count).